The Morgan fingerprint density at radius 2 is 1.94 bits per heavy atom. The van der Waals surface area contributed by atoms with Gasteiger partial charge in [-0.3, -0.25) is 14.5 Å². The Kier molecular flexibility index (Phi) is 5.95. The van der Waals surface area contributed by atoms with E-state index in [0.717, 1.165) is 55.8 Å². The van der Waals surface area contributed by atoms with Gasteiger partial charge in [0, 0.05) is 44.0 Å². The van der Waals surface area contributed by atoms with Crippen LogP contribution in [0, 0.1) is 0 Å². The van der Waals surface area contributed by atoms with E-state index < -0.39 is 6.04 Å². The lowest BCUT2D eigenvalue weighted by Crippen LogP contribution is -2.51. The predicted molar refractivity (Wildman–Crippen MR) is 125 cm³/mol. The van der Waals surface area contributed by atoms with Gasteiger partial charge in [0.2, 0.25) is 5.91 Å². The number of likely N-dealkylation sites (tertiary alicyclic amines) is 1. The van der Waals surface area contributed by atoms with Crippen molar-refractivity contribution in [1.29, 1.82) is 0 Å². The molecule has 1 unspecified atom stereocenters. The Hall–Kier alpha value is -2.38. The van der Waals surface area contributed by atoms with Gasteiger partial charge in [-0.2, -0.15) is 0 Å². The minimum absolute atomic E-state index is 0.00761. The maximum atomic E-state index is 13.0. The molecule has 1 aliphatic carbocycles. The number of benzene rings is 1. The van der Waals surface area contributed by atoms with Gasteiger partial charge in [0.1, 0.15) is 17.9 Å². The number of fused-ring (bicyclic) bond motifs is 1. The van der Waals surface area contributed by atoms with Crippen LogP contribution in [0.1, 0.15) is 67.8 Å². The van der Waals surface area contributed by atoms with E-state index in [1.54, 1.807) is 4.90 Å². The van der Waals surface area contributed by atoms with Crippen LogP contribution < -0.4 is 10.1 Å². The molecule has 0 spiro atoms. The highest BCUT2D eigenvalue weighted by atomic mass is 16.5. The summed E-state index contributed by atoms with van der Waals surface area (Å²) < 4.78 is 12.2. The van der Waals surface area contributed by atoms with Crippen LogP contribution in [0.4, 0.5) is 0 Å². The number of hydrogen-bond donors (Lipinski definition) is 1. The first kappa shape index (κ1) is 22.4. The molecule has 1 aromatic carbocycles. The Bertz CT molecular complexity index is 953. The number of ether oxygens (including phenoxy) is 2. The molecule has 2 saturated heterocycles. The molecule has 178 valence electrons. The molecule has 7 heteroatoms. The van der Waals surface area contributed by atoms with Crippen LogP contribution in [0.2, 0.25) is 0 Å². The molecule has 5 rings (SSSR count). The molecule has 0 bridgehead atoms. The van der Waals surface area contributed by atoms with Crippen molar-refractivity contribution in [3.63, 3.8) is 0 Å². The molecular formula is C26H35N3O4. The van der Waals surface area contributed by atoms with Gasteiger partial charge in [-0.15, -0.1) is 0 Å². The predicted octanol–water partition coefficient (Wildman–Crippen LogP) is 3.24. The van der Waals surface area contributed by atoms with Crippen molar-refractivity contribution < 1.29 is 19.1 Å². The van der Waals surface area contributed by atoms with E-state index in [2.05, 4.69) is 23.7 Å². The van der Waals surface area contributed by atoms with Gasteiger partial charge < -0.3 is 19.7 Å². The van der Waals surface area contributed by atoms with Gasteiger partial charge in [0.15, 0.2) is 0 Å². The standard InChI is InChI=1S/C26H35N3O4/c1-17-7-10-22(24(30)27-17)29-16-18-15-19(8-9-20(18)25(29)31)33-23-6-4-5-21(23)28-13-11-26(2,32-3)12-14-28/h8-9,15,21-23H,1,4-7,10-14,16H2,2-3H3,(H,27,30)/t21-,22?,23-/m0/s1. The normalized spacial score (nSPS) is 29.8. The number of nitrogens with zero attached hydrogens (tertiary/aromatic N) is 2. The van der Waals surface area contributed by atoms with E-state index in [0.29, 0.717) is 31.0 Å². The Labute approximate surface area is 196 Å². The summed E-state index contributed by atoms with van der Waals surface area (Å²) in [5, 5.41) is 2.79. The first-order chi connectivity index (χ1) is 15.9. The van der Waals surface area contributed by atoms with Crippen molar-refractivity contribution in [2.45, 2.75) is 82.2 Å². The highest BCUT2D eigenvalue weighted by Gasteiger charge is 2.40. The van der Waals surface area contributed by atoms with Crippen LogP contribution in [0.25, 0.3) is 0 Å². The first-order valence-corrected chi connectivity index (χ1v) is 12.3. The summed E-state index contributed by atoms with van der Waals surface area (Å²) in [6.45, 7) is 8.57. The Morgan fingerprint density at radius 1 is 1.15 bits per heavy atom. The number of amides is 2. The fraction of sp³-hybridized carbons (Fsp3) is 0.615. The van der Waals surface area contributed by atoms with Crippen LogP contribution >= 0.6 is 0 Å². The van der Waals surface area contributed by atoms with Crippen LogP contribution in [0.5, 0.6) is 5.75 Å². The Balaban J connectivity index is 1.25. The van der Waals surface area contributed by atoms with E-state index in [9.17, 15) is 9.59 Å². The molecule has 3 atom stereocenters. The second kappa shape index (κ2) is 8.76. The summed E-state index contributed by atoms with van der Waals surface area (Å²) in [6.07, 6.45) is 6.97. The van der Waals surface area contributed by atoms with Crippen LogP contribution in [-0.4, -0.2) is 65.6 Å². The van der Waals surface area contributed by atoms with Crippen LogP contribution in [-0.2, 0) is 16.1 Å². The average Bonchev–Trinajstić information content (AvgIpc) is 3.39. The topological polar surface area (TPSA) is 71.1 Å². The smallest absolute Gasteiger partial charge is 0.255 e. The highest BCUT2D eigenvalue weighted by molar-refractivity contribution is 6.01. The van der Waals surface area contributed by atoms with Gasteiger partial charge in [-0.05, 0) is 75.6 Å². The Morgan fingerprint density at radius 3 is 2.67 bits per heavy atom. The quantitative estimate of drug-likeness (QED) is 0.741. The second-order valence-corrected chi connectivity index (χ2v) is 10.2. The van der Waals surface area contributed by atoms with Crippen molar-refractivity contribution in [3.05, 3.63) is 41.6 Å². The van der Waals surface area contributed by atoms with Gasteiger partial charge >= 0.3 is 0 Å². The average molecular weight is 454 g/mol. The van der Waals surface area contributed by atoms with Crippen LogP contribution in [0.3, 0.4) is 0 Å². The monoisotopic (exact) mass is 453 g/mol. The molecule has 3 fully saturated rings. The lowest BCUT2D eigenvalue weighted by molar-refractivity contribution is -0.126. The SMILES string of the molecule is C=C1CCC(N2Cc3cc(O[C@H]4CCC[C@@H]4N4CCC(C)(OC)CC4)ccc3C2=O)C(=O)N1. The minimum atomic E-state index is -0.434. The summed E-state index contributed by atoms with van der Waals surface area (Å²) in [4.78, 5) is 29.7. The maximum Gasteiger partial charge on any atom is 0.255 e. The molecule has 4 aliphatic rings. The second-order valence-electron chi connectivity index (χ2n) is 10.2. The zero-order valence-corrected chi connectivity index (χ0v) is 19.8. The molecule has 1 N–H and O–H groups in total. The number of methoxy groups -OCH3 is 1. The summed E-state index contributed by atoms with van der Waals surface area (Å²) in [5.74, 6) is 0.613. The van der Waals surface area contributed by atoms with Gasteiger partial charge in [0.05, 0.1) is 5.60 Å². The molecular weight excluding hydrogens is 418 g/mol. The first-order valence-electron chi connectivity index (χ1n) is 12.3. The highest BCUT2D eigenvalue weighted by Crippen LogP contribution is 2.35. The fourth-order valence-electron chi connectivity index (χ4n) is 5.87. The lowest BCUT2D eigenvalue weighted by Gasteiger charge is -2.42. The van der Waals surface area contributed by atoms with Gasteiger partial charge in [-0.1, -0.05) is 6.58 Å². The molecule has 33 heavy (non-hydrogen) atoms. The number of piperidine rings is 2. The van der Waals surface area contributed by atoms with Crippen molar-refractivity contribution in [1.82, 2.24) is 15.1 Å². The van der Waals surface area contributed by atoms with E-state index in [-0.39, 0.29) is 23.5 Å². The van der Waals surface area contributed by atoms with Crippen molar-refractivity contribution in [2.24, 2.45) is 0 Å². The molecule has 0 radical (unpaired) electrons. The summed E-state index contributed by atoms with van der Waals surface area (Å²) in [7, 11) is 1.81. The molecule has 3 aliphatic heterocycles. The van der Waals surface area contributed by atoms with Gasteiger partial charge in [-0.25, -0.2) is 0 Å². The zero-order valence-electron chi connectivity index (χ0n) is 19.8. The molecule has 0 aromatic heterocycles. The molecule has 2 amide bonds. The third kappa shape index (κ3) is 4.28. The van der Waals surface area contributed by atoms with Crippen molar-refractivity contribution in [3.8, 4) is 5.75 Å². The van der Waals surface area contributed by atoms with E-state index in [4.69, 9.17) is 9.47 Å². The number of rotatable bonds is 5. The molecule has 7 nitrogen and oxygen atoms in total. The van der Waals surface area contributed by atoms with Gasteiger partial charge in [0.25, 0.3) is 5.91 Å². The third-order valence-electron chi connectivity index (χ3n) is 8.13. The largest absolute Gasteiger partial charge is 0.489 e. The van der Waals surface area contributed by atoms with E-state index >= 15 is 0 Å². The van der Waals surface area contributed by atoms with E-state index in [1.807, 2.05) is 25.3 Å². The van der Waals surface area contributed by atoms with Crippen molar-refractivity contribution >= 4 is 11.8 Å². The summed E-state index contributed by atoms with van der Waals surface area (Å²) in [5.41, 5.74) is 2.34. The number of carbonyl (C=O) groups excluding carboxylic acids is 2. The fourth-order valence-corrected chi connectivity index (χ4v) is 5.87. The van der Waals surface area contributed by atoms with E-state index in [1.165, 1.54) is 6.42 Å². The summed E-state index contributed by atoms with van der Waals surface area (Å²) >= 11 is 0. The lowest BCUT2D eigenvalue weighted by atomic mass is 9.92. The summed E-state index contributed by atoms with van der Waals surface area (Å²) in [6, 6.07) is 5.77. The van der Waals surface area contributed by atoms with Crippen molar-refractivity contribution in [2.75, 3.05) is 20.2 Å². The van der Waals surface area contributed by atoms with Crippen LogP contribution in [0.15, 0.2) is 30.5 Å². The third-order valence-corrected chi connectivity index (χ3v) is 8.13. The minimum Gasteiger partial charge on any atom is -0.489 e. The number of allylic oxidation sites excluding steroid dienone is 1. The number of hydrogen-bond acceptors (Lipinski definition) is 5. The maximum absolute atomic E-state index is 13.0. The zero-order chi connectivity index (χ0) is 23.2. The molecule has 1 saturated carbocycles. The molecule has 1 aromatic rings. The number of carbonyl (C=O) groups is 2. The molecule has 3 heterocycles. The number of nitrogens with one attached hydrogen (secondary N) is 1.